The summed E-state index contributed by atoms with van der Waals surface area (Å²) < 4.78 is 9.11. The summed E-state index contributed by atoms with van der Waals surface area (Å²) in [5.74, 6) is 0.804. The summed E-state index contributed by atoms with van der Waals surface area (Å²) >= 11 is 3.76. The van der Waals surface area contributed by atoms with Crippen LogP contribution in [0.4, 0.5) is 0 Å². The van der Waals surface area contributed by atoms with Gasteiger partial charge in [0.2, 0.25) is 0 Å². The van der Waals surface area contributed by atoms with Gasteiger partial charge in [0.25, 0.3) is 5.56 Å². The third-order valence-electron chi connectivity index (χ3n) is 6.45. The van der Waals surface area contributed by atoms with E-state index < -0.39 is 0 Å². The second kappa shape index (κ2) is 8.67. The van der Waals surface area contributed by atoms with E-state index in [4.69, 9.17) is 9.73 Å². The van der Waals surface area contributed by atoms with Crippen LogP contribution in [0.1, 0.15) is 34.7 Å². The minimum atomic E-state index is -0.177. The Morgan fingerprint density at radius 2 is 1.88 bits per heavy atom. The molecule has 0 unspecified atom stereocenters. The molecule has 0 radical (unpaired) electrons. The zero-order valence-corrected chi connectivity index (χ0v) is 21.5. The predicted molar refractivity (Wildman–Crippen MR) is 145 cm³/mol. The Balaban J connectivity index is 1.61. The molecule has 1 aliphatic heterocycles. The number of hydrogen-bond acceptors (Lipinski definition) is 4. The standard InChI is InChI=1S/C28H21IN2O2S/c1-33-21-12-9-19(10-13-21)26-23-14-11-18-6-2-3-8-22(18)25(23)30-28-31(26)27(32)24(34-28)16-17-5-4-7-20(29)15-17/h2-10,12-13,15-16,26H,11,14H2,1H3/b24-16-/t26-/m0/s1. The Bertz CT molecular complexity index is 1630. The third-order valence-corrected chi connectivity index (χ3v) is 8.10. The van der Waals surface area contributed by atoms with Crippen LogP contribution in [0.5, 0.6) is 5.75 Å². The van der Waals surface area contributed by atoms with Crippen LogP contribution in [0.15, 0.2) is 88.2 Å². The van der Waals surface area contributed by atoms with Crippen molar-refractivity contribution < 1.29 is 4.74 Å². The number of nitrogens with zero attached hydrogens (tertiary/aromatic N) is 2. The lowest BCUT2D eigenvalue weighted by Gasteiger charge is -2.30. The summed E-state index contributed by atoms with van der Waals surface area (Å²) in [6, 6.07) is 24.6. The molecule has 0 fully saturated rings. The average molecular weight is 576 g/mol. The molecule has 34 heavy (non-hydrogen) atoms. The quantitative estimate of drug-likeness (QED) is 0.325. The van der Waals surface area contributed by atoms with Crippen LogP contribution in [-0.2, 0) is 6.42 Å². The zero-order chi connectivity index (χ0) is 23.2. The molecule has 1 aliphatic carbocycles. The molecule has 1 atom stereocenters. The molecule has 4 nitrogen and oxygen atoms in total. The summed E-state index contributed by atoms with van der Waals surface area (Å²) in [5, 5.41) is 0. The minimum absolute atomic E-state index is 0.00818. The number of benzene rings is 3. The van der Waals surface area contributed by atoms with Gasteiger partial charge in [-0.05, 0) is 88.0 Å². The van der Waals surface area contributed by atoms with Crippen molar-refractivity contribution in [3.63, 3.8) is 0 Å². The molecule has 0 saturated heterocycles. The maximum Gasteiger partial charge on any atom is 0.271 e. The minimum Gasteiger partial charge on any atom is -0.497 e. The molecular formula is C28H21IN2O2S. The van der Waals surface area contributed by atoms with E-state index in [-0.39, 0.29) is 11.6 Å². The van der Waals surface area contributed by atoms with E-state index in [9.17, 15) is 4.79 Å². The van der Waals surface area contributed by atoms with Crippen molar-refractivity contribution >= 4 is 45.7 Å². The van der Waals surface area contributed by atoms with E-state index in [1.807, 2.05) is 34.9 Å². The first kappa shape index (κ1) is 21.6. The van der Waals surface area contributed by atoms with Crippen molar-refractivity contribution in [2.24, 2.45) is 4.99 Å². The second-order valence-corrected chi connectivity index (χ2v) is 10.7. The molecule has 1 aromatic heterocycles. The summed E-state index contributed by atoms with van der Waals surface area (Å²) in [6.45, 7) is 0. The predicted octanol–water partition coefficient (Wildman–Crippen LogP) is 4.93. The van der Waals surface area contributed by atoms with E-state index in [2.05, 4.69) is 71.1 Å². The molecule has 0 bridgehead atoms. The van der Waals surface area contributed by atoms with Crippen LogP contribution in [0.3, 0.4) is 0 Å². The Morgan fingerprint density at radius 1 is 1.06 bits per heavy atom. The normalized spacial score (nSPS) is 17.0. The van der Waals surface area contributed by atoms with E-state index in [0.29, 0.717) is 4.53 Å². The molecule has 2 heterocycles. The van der Waals surface area contributed by atoms with E-state index in [0.717, 1.165) is 43.8 Å². The van der Waals surface area contributed by atoms with Gasteiger partial charge in [0.15, 0.2) is 4.80 Å². The van der Waals surface area contributed by atoms with Gasteiger partial charge in [0, 0.05) is 9.13 Å². The van der Waals surface area contributed by atoms with Gasteiger partial charge < -0.3 is 4.74 Å². The van der Waals surface area contributed by atoms with E-state index >= 15 is 0 Å². The van der Waals surface area contributed by atoms with Crippen molar-refractivity contribution in [2.45, 2.75) is 18.9 Å². The fourth-order valence-electron chi connectivity index (χ4n) is 4.86. The Kier molecular flexibility index (Phi) is 5.50. The molecule has 2 aliphatic rings. The van der Waals surface area contributed by atoms with Gasteiger partial charge in [0.1, 0.15) is 5.75 Å². The van der Waals surface area contributed by atoms with Gasteiger partial charge in [0.05, 0.1) is 23.4 Å². The number of hydrogen-bond donors (Lipinski definition) is 0. The highest BCUT2D eigenvalue weighted by atomic mass is 127. The van der Waals surface area contributed by atoms with Crippen molar-refractivity contribution in [1.29, 1.82) is 0 Å². The molecule has 3 aromatic carbocycles. The molecule has 0 spiro atoms. The van der Waals surface area contributed by atoms with Gasteiger partial charge in [-0.3, -0.25) is 9.36 Å². The number of rotatable bonds is 3. The number of aromatic nitrogens is 1. The Hall–Kier alpha value is -2.97. The third kappa shape index (κ3) is 3.65. The fraction of sp³-hybridized carbons (Fsp3) is 0.143. The maximum atomic E-state index is 13.8. The van der Waals surface area contributed by atoms with Crippen molar-refractivity contribution in [3.05, 3.63) is 124 Å². The monoisotopic (exact) mass is 576 g/mol. The lowest BCUT2D eigenvalue weighted by Crippen LogP contribution is -2.38. The number of allylic oxidation sites excluding steroid dienone is 1. The van der Waals surface area contributed by atoms with Crippen LogP contribution >= 0.6 is 33.9 Å². The molecule has 6 heteroatoms. The highest BCUT2D eigenvalue weighted by Gasteiger charge is 2.32. The molecule has 0 N–H and O–H groups in total. The summed E-state index contributed by atoms with van der Waals surface area (Å²) in [4.78, 5) is 19.6. The van der Waals surface area contributed by atoms with Crippen LogP contribution in [-0.4, -0.2) is 11.7 Å². The lowest BCUT2D eigenvalue weighted by molar-refractivity contribution is 0.414. The molecular weight excluding hydrogens is 555 g/mol. The SMILES string of the molecule is COc1ccc([C@H]2C3=C(N=c4s/c(=C\c5cccc(I)c5)c(=O)n42)c2ccccc2CC3)cc1. The Morgan fingerprint density at radius 3 is 2.68 bits per heavy atom. The first-order chi connectivity index (χ1) is 16.6. The summed E-state index contributed by atoms with van der Waals surface area (Å²) in [5.41, 5.74) is 6.82. The highest BCUT2D eigenvalue weighted by Crippen LogP contribution is 2.41. The number of ether oxygens (including phenoxy) is 1. The van der Waals surface area contributed by atoms with Gasteiger partial charge >= 0.3 is 0 Å². The molecule has 0 saturated carbocycles. The van der Waals surface area contributed by atoms with Crippen LogP contribution < -0.4 is 19.6 Å². The van der Waals surface area contributed by atoms with Gasteiger partial charge in [-0.15, -0.1) is 0 Å². The zero-order valence-electron chi connectivity index (χ0n) is 18.5. The lowest BCUT2D eigenvalue weighted by atomic mass is 9.83. The molecule has 0 amide bonds. The smallest absolute Gasteiger partial charge is 0.271 e. The second-order valence-electron chi connectivity index (χ2n) is 8.44. The first-order valence-electron chi connectivity index (χ1n) is 11.1. The molecule has 4 aromatic rings. The fourth-order valence-corrected chi connectivity index (χ4v) is 6.42. The molecule has 6 rings (SSSR count). The van der Waals surface area contributed by atoms with Gasteiger partial charge in [-0.1, -0.05) is 59.9 Å². The number of thiazole rings is 1. The largest absolute Gasteiger partial charge is 0.497 e. The van der Waals surface area contributed by atoms with Gasteiger partial charge in [-0.25, -0.2) is 4.99 Å². The van der Waals surface area contributed by atoms with Crippen LogP contribution in [0, 0.1) is 3.57 Å². The maximum absolute atomic E-state index is 13.8. The van der Waals surface area contributed by atoms with Crippen molar-refractivity contribution in [1.82, 2.24) is 4.57 Å². The topological polar surface area (TPSA) is 43.6 Å². The molecule has 168 valence electrons. The average Bonchev–Trinajstić information content (AvgIpc) is 3.17. The Labute approximate surface area is 214 Å². The van der Waals surface area contributed by atoms with E-state index in [1.54, 1.807) is 7.11 Å². The van der Waals surface area contributed by atoms with Crippen LogP contribution in [0.25, 0.3) is 11.8 Å². The summed E-state index contributed by atoms with van der Waals surface area (Å²) in [6.07, 6.45) is 3.81. The number of methoxy groups -OCH3 is 1. The number of halogens is 1. The van der Waals surface area contributed by atoms with Crippen molar-refractivity contribution in [3.8, 4) is 5.75 Å². The van der Waals surface area contributed by atoms with Crippen molar-refractivity contribution in [2.75, 3.05) is 7.11 Å². The number of fused-ring (bicyclic) bond motifs is 3. The van der Waals surface area contributed by atoms with Crippen LogP contribution in [0.2, 0.25) is 0 Å². The van der Waals surface area contributed by atoms with E-state index in [1.165, 1.54) is 28.0 Å². The summed E-state index contributed by atoms with van der Waals surface area (Å²) in [7, 11) is 1.67. The number of aryl methyl sites for hydroxylation is 1. The first-order valence-corrected chi connectivity index (χ1v) is 13.0. The highest BCUT2D eigenvalue weighted by molar-refractivity contribution is 14.1. The van der Waals surface area contributed by atoms with Gasteiger partial charge in [-0.2, -0.15) is 0 Å².